The van der Waals surface area contributed by atoms with Crippen LogP contribution in [-0.4, -0.2) is 29.6 Å². The highest BCUT2D eigenvalue weighted by atomic mass is 16.5. The van der Waals surface area contributed by atoms with Gasteiger partial charge in [0.2, 0.25) is 5.91 Å². The van der Waals surface area contributed by atoms with Crippen molar-refractivity contribution in [2.24, 2.45) is 0 Å². The summed E-state index contributed by atoms with van der Waals surface area (Å²) in [4.78, 5) is 24.1. The average Bonchev–Trinajstić information content (AvgIpc) is 3.12. The summed E-state index contributed by atoms with van der Waals surface area (Å²) in [7, 11) is 0. The van der Waals surface area contributed by atoms with Gasteiger partial charge in [-0.25, -0.2) is 0 Å². The van der Waals surface area contributed by atoms with Crippen LogP contribution < -0.4 is 15.4 Å². The van der Waals surface area contributed by atoms with E-state index in [4.69, 9.17) is 9.26 Å². The zero-order valence-corrected chi connectivity index (χ0v) is 15.6. The van der Waals surface area contributed by atoms with Crippen LogP contribution in [0.4, 0.5) is 5.82 Å². The maximum atomic E-state index is 12.1. The first-order valence-corrected chi connectivity index (χ1v) is 8.83. The molecule has 3 rings (SSSR count). The number of hydrogen-bond acceptors (Lipinski definition) is 5. The molecule has 0 aliphatic carbocycles. The van der Waals surface area contributed by atoms with Crippen molar-refractivity contribution in [3.8, 4) is 16.9 Å². The minimum absolute atomic E-state index is 0.189. The van der Waals surface area contributed by atoms with Crippen LogP contribution in [0.25, 0.3) is 11.1 Å². The molecule has 0 saturated carbocycles. The van der Waals surface area contributed by atoms with E-state index in [0.717, 1.165) is 11.1 Å². The van der Waals surface area contributed by atoms with Gasteiger partial charge in [-0.15, -0.1) is 0 Å². The highest BCUT2D eigenvalue weighted by molar-refractivity contribution is 5.96. The maximum absolute atomic E-state index is 12.1. The molecule has 2 aromatic carbocycles. The fraction of sp³-hybridized carbons (Fsp3) is 0.190. The molecule has 7 heteroatoms. The van der Waals surface area contributed by atoms with Gasteiger partial charge in [0.15, 0.2) is 12.4 Å². The van der Waals surface area contributed by atoms with Gasteiger partial charge in [-0.05, 0) is 37.1 Å². The molecule has 7 nitrogen and oxygen atoms in total. The SMILES string of the molecule is Cc1cc(NC(=O)[C@H](C)NC(=O)COc2ccc(-c3ccccc3)cc2)no1. The summed E-state index contributed by atoms with van der Waals surface area (Å²) < 4.78 is 10.4. The number of carbonyl (C=O) groups excluding carboxylic acids is 2. The van der Waals surface area contributed by atoms with Crippen LogP contribution in [0.3, 0.4) is 0 Å². The van der Waals surface area contributed by atoms with E-state index in [0.29, 0.717) is 17.3 Å². The number of carbonyl (C=O) groups is 2. The Balaban J connectivity index is 1.46. The molecule has 0 fully saturated rings. The molecule has 0 spiro atoms. The lowest BCUT2D eigenvalue weighted by Crippen LogP contribution is -2.43. The van der Waals surface area contributed by atoms with E-state index < -0.39 is 17.9 Å². The Labute approximate surface area is 162 Å². The lowest BCUT2D eigenvalue weighted by Gasteiger charge is -2.13. The van der Waals surface area contributed by atoms with Gasteiger partial charge < -0.3 is 19.9 Å². The first kappa shape index (κ1) is 19.2. The number of aromatic nitrogens is 1. The Hall–Kier alpha value is -3.61. The Kier molecular flexibility index (Phi) is 6.06. The lowest BCUT2D eigenvalue weighted by atomic mass is 10.1. The molecule has 144 valence electrons. The number of aryl methyl sites for hydroxylation is 1. The van der Waals surface area contributed by atoms with Crippen molar-refractivity contribution < 1.29 is 18.8 Å². The molecule has 3 aromatic rings. The molecule has 28 heavy (non-hydrogen) atoms. The Bertz CT molecular complexity index is 936. The van der Waals surface area contributed by atoms with Gasteiger partial charge in [-0.1, -0.05) is 47.6 Å². The molecule has 0 radical (unpaired) electrons. The Morgan fingerprint density at radius 1 is 1.07 bits per heavy atom. The van der Waals surface area contributed by atoms with E-state index in [2.05, 4.69) is 15.8 Å². The third-order valence-electron chi connectivity index (χ3n) is 3.98. The molecule has 1 atom stereocenters. The predicted molar refractivity (Wildman–Crippen MR) is 105 cm³/mol. The summed E-state index contributed by atoms with van der Waals surface area (Å²) in [5, 5.41) is 8.82. The first-order valence-electron chi connectivity index (χ1n) is 8.83. The monoisotopic (exact) mass is 379 g/mol. The summed E-state index contributed by atoms with van der Waals surface area (Å²) in [6, 6.07) is 18.3. The molecule has 0 unspecified atom stereocenters. The van der Waals surface area contributed by atoms with Crippen molar-refractivity contribution in [2.45, 2.75) is 19.9 Å². The van der Waals surface area contributed by atoms with Crippen molar-refractivity contribution in [2.75, 3.05) is 11.9 Å². The Morgan fingerprint density at radius 2 is 1.75 bits per heavy atom. The third kappa shape index (κ3) is 5.20. The lowest BCUT2D eigenvalue weighted by molar-refractivity contribution is -0.127. The molecule has 1 heterocycles. The van der Waals surface area contributed by atoms with Gasteiger partial charge in [-0.2, -0.15) is 0 Å². The van der Waals surface area contributed by atoms with Gasteiger partial charge in [0.05, 0.1) is 0 Å². The summed E-state index contributed by atoms with van der Waals surface area (Å²) >= 11 is 0. The standard InChI is InChI=1S/C21H21N3O4/c1-14-12-19(24-28-14)23-21(26)15(2)22-20(25)13-27-18-10-8-17(9-11-18)16-6-4-3-5-7-16/h3-12,15H,13H2,1-2H3,(H,22,25)(H,23,24,26)/t15-/m0/s1. The van der Waals surface area contributed by atoms with Crippen molar-refractivity contribution in [3.05, 3.63) is 66.4 Å². The minimum Gasteiger partial charge on any atom is -0.484 e. The van der Waals surface area contributed by atoms with Crippen molar-refractivity contribution in [1.82, 2.24) is 10.5 Å². The van der Waals surface area contributed by atoms with Crippen LogP contribution in [0.15, 0.2) is 65.2 Å². The number of rotatable bonds is 7. The summed E-state index contributed by atoms with van der Waals surface area (Å²) in [5.74, 6) is 0.669. The normalized spacial score (nSPS) is 11.5. The van der Waals surface area contributed by atoms with Crippen molar-refractivity contribution >= 4 is 17.6 Å². The van der Waals surface area contributed by atoms with Gasteiger partial charge in [0.25, 0.3) is 5.91 Å². The number of amides is 2. The van der Waals surface area contributed by atoms with Gasteiger partial charge >= 0.3 is 0 Å². The van der Waals surface area contributed by atoms with Crippen LogP contribution in [0.1, 0.15) is 12.7 Å². The summed E-state index contributed by atoms with van der Waals surface area (Å²) in [6.07, 6.45) is 0. The van der Waals surface area contributed by atoms with E-state index in [1.54, 1.807) is 32.0 Å². The van der Waals surface area contributed by atoms with E-state index >= 15 is 0 Å². The molecule has 0 saturated heterocycles. The summed E-state index contributed by atoms with van der Waals surface area (Å²) in [6.45, 7) is 3.11. The first-order chi connectivity index (χ1) is 13.5. The molecule has 1 aromatic heterocycles. The number of anilines is 1. The van der Waals surface area contributed by atoms with Crippen LogP contribution in [-0.2, 0) is 9.59 Å². The van der Waals surface area contributed by atoms with Crippen LogP contribution in [0, 0.1) is 6.92 Å². The quantitative estimate of drug-likeness (QED) is 0.658. The smallest absolute Gasteiger partial charge is 0.258 e. The maximum Gasteiger partial charge on any atom is 0.258 e. The fourth-order valence-corrected chi connectivity index (χ4v) is 2.53. The van der Waals surface area contributed by atoms with Crippen LogP contribution in [0.5, 0.6) is 5.75 Å². The van der Waals surface area contributed by atoms with Crippen molar-refractivity contribution in [3.63, 3.8) is 0 Å². The molecule has 0 bridgehead atoms. The van der Waals surface area contributed by atoms with Gasteiger partial charge in [0.1, 0.15) is 17.6 Å². The molecule has 0 aliphatic heterocycles. The van der Waals surface area contributed by atoms with E-state index in [9.17, 15) is 9.59 Å². The van der Waals surface area contributed by atoms with Gasteiger partial charge in [-0.3, -0.25) is 9.59 Å². The molecular formula is C21H21N3O4. The zero-order chi connectivity index (χ0) is 19.9. The topological polar surface area (TPSA) is 93.5 Å². The fourth-order valence-electron chi connectivity index (χ4n) is 2.53. The van der Waals surface area contributed by atoms with E-state index in [-0.39, 0.29) is 6.61 Å². The number of nitrogens with zero attached hydrogens (tertiary/aromatic N) is 1. The van der Waals surface area contributed by atoms with Crippen molar-refractivity contribution in [1.29, 1.82) is 0 Å². The molecule has 2 amide bonds. The minimum atomic E-state index is -0.742. The zero-order valence-electron chi connectivity index (χ0n) is 15.6. The highest BCUT2D eigenvalue weighted by Crippen LogP contribution is 2.21. The molecule has 2 N–H and O–H groups in total. The Morgan fingerprint density at radius 3 is 2.39 bits per heavy atom. The number of benzene rings is 2. The number of ether oxygens (including phenoxy) is 1. The predicted octanol–water partition coefficient (Wildman–Crippen LogP) is 3.17. The highest BCUT2D eigenvalue weighted by Gasteiger charge is 2.17. The summed E-state index contributed by atoms with van der Waals surface area (Å²) in [5.41, 5.74) is 2.17. The number of hydrogen-bond donors (Lipinski definition) is 2. The van der Waals surface area contributed by atoms with Crippen LogP contribution in [0.2, 0.25) is 0 Å². The van der Waals surface area contributed by atoms with Gasteiger partial charge in [0, 0.05) is 6.07 Å². The second-order valence-corrected chi connectivity index (χ2v) is 6.28. The largest absolute Gasteiger partial charge is 0.484 e. The molecule has 0 aliphatic rings. The average molecular weight is 379 g/mol. The third-order valence-corrected chi connectivity index (χ3v) is 3.98. The van der Waals surface area contributed by atoms with E-state index in [1.165, 1.54) is 0 Å². The van der Waals surface area contributed by atoms with Crippen LogP contribution >= 0.6 is 0 Å². The van der Waals surface area contributed by atoms with E-state index in [1.807, 2.05) is 42.5 Å². The second kappa shape index (κ2) is 8.85. The number of nitrogens with one attached hydrogen (secondary N) is 2. The molecular weight excluding hydrogens is 358 g/mol. The second-order valence-electron chi connectivity index (χ2n) is 6.28.